The van der Waals surface area contributed by atoms with E-state index >= 15 is 0 Å². The third kappa shape index (κ3) is 3.93. The predicted molar refractivity (Wildman–Crippen MR) is 80.3 cm³/mol. The van der Waals surface area contributed by atoms with Gasteiger partial charge in [-0.2, -0.15) is 0 Å². The van der Waals surface area contributed by atoms with E-state index in [0.29, 0.717) is 18.7 Å². The summed E-state index contributed by atoms with van der Waals surface area (Å²) in [6.07, 6.45) is 1.78. The molecule has 0 saturated heterocycles. The average Bonchev–Trinajstić information content (AvgIpc) is 2.52. The van der Waals surface area contributed by atoms with Crippen LogP contribution in [0.25, 0.3) is 0 Å². The Balaban J connectivity index is 1.78. The molecule has 0 bridgehead atoms. The molecule has 1 amide bonds. The van der Waals surface area contributed by atoms with E-state index in [-0.39, 0.29) is 5.91 Å². The maximum atomic E-state index is 11.8. The summed E-state index contributed by atoms with van der Waals surface area (Å²) in [5.41, 5.74) is 10.4. The van der Waals surface area contributed by atoms with Crippen molar-refractivity contribution in [1.29, 1.82) is 0 Å². The van der Waals surface area contributed by atoms with Gasteiger partial charge < -0.3 is 5.32 Å². The van der Waals surface area contributed by atoms with Crippen LogP contribution in [0.2, 0.25) is 0 Å². The van der Waals surface area contributed by atoms with Gasteiger partial charge in [0.25, 0.3) is 5.91 Å². The minimum atomic E-state index is -0.0284. The minimum Gasteiger partial charge on any atom is -0.352 e. The molecule has 0 saturated carbocycles. The second-order valence-corrected chi connectivity index (χ2v) is 4.67. The first kappa shape index (κ1) is 14.3. The summed E-state index contributed by atoms with van der Waals surface area (Å²) in [6, 6.07) is 17.2. The molecule has 0 aliphatic rings. The molecule has 20 heavy (non-hydrogen) atoms. The highest BCUT2D eigenvalue weighted by molar-refractivity contribution is 5.94. The lowest BCUT2D eigenvalue weighted by atomic mass is 10.0. The Morgan fingerprint density at radius 1 is 0.950 bits per heavy atom. The van der Waals surface area contributed by atoms with E-state index in [1.807, 2.05) is 48.5 Å². The quantitative estimate of drug-likeness (QED) is 0.804. The van der Waals surface area contributed by atoms with E-state index in [1.54, 1.807) is 0 Å². The van der Waals surface area contributed by atoms with Crippen molar-refractivity contribution in [3.63, 3.8) is 0 Å². The van der Waals surface area contributed by atoms with Gasteiger partial charge in [-0.3, -0.25) is 10.5 Å². The molecule has 2 aromatic carbocycles. The van der Waals surface area contributed by atoms with Gasteiger partial charge in [0.15, 0.2) is 0 Å². The van der Waals surface area contributed by atoms with Crippen molar-refractivity contribution in [3.05, 3.63) is 71.3 Å². The summed E-state index contributed by atoms with van der Waals surface area (Å²) in [4.78, 5) is 11.8. The van der Waals surface area contributed by atoms with Crippen LogP contribution in [0, 0.1) is 0 Å². The lowest BCUT2D eigenvalue weighted by Crippen LogP contribution is -2.24. The molecule has 0 heterocycles. The molecule has 3 nitrogen and oxygen atoms in total. The van der Waals surface area contributed by atoms with E-state index < -0.39 is 0 Å². The molecular formula is C17H19N2O. The molecule has 1 radical (unpaired) electrons. The maximum absolute atomic E-state index is 11.8. The van der Waals surface area contributed by atoms with Crippen molar-refractivity contribution >= 4 is 5.91 Å². The summed E-state index contributed by atoms with van der Waals surface area (Å²) in [5, 5.41) is 2.92. The van der Waals surface area contributed by atoms with E-state index in [9.17, 15) is 4.79 Å². The summed E-state index contributed by atoms with van der Waals surface area (Å²) in [6.45, 7) is 0.965. The third-order valence-corrected chi connectivity index (χ3v) is 3.25. The zero-order valence-electron chi connectivity index (χ0n) is 11.4. The topological polar surface area (TPSA) is 52.9 Å². The number of amides is 1. The first-order valence-electron chi connectivity index (χ1n) is 6.86. The SMILES string of the molecule is [NH]Cc1ccccc1CCCNC(=O)c1ccccc1. The number of carbonyl (C=O) groups is 1. The number of nitrogens with one attached hydrogen (secondary N) is 2. The molecular weight excluding hydrogens is 248 g/mol. The number of aryl methyl sites for hydroxylation is 1. The highest BCUT2D eigenvalue weighted by Gasteiger charge is 2.04. The van der Waals surface area contributed by atoms with Crippen molar-refractivity contribution in [2.45, 2.75) is 19.4 Å². The Hall–Kier alpha value is -2.13. The molecule has 2 aromatic rings. The Morgan fingerprint density at radius 2 is 1.60 bits per heavy atom. The number of carbonyl (C=O) groups excluding carboxylic acids is 1. The fourth-order valence-electron chi connectivity index (χ4n) is 2.15. The van der Waals surface area contributed by atoms with E-state index in [0.717, 1.165) is 18.4 Å². The predicted octanol–water partition coefficient (Wildman–Crippen LogP) is 2.83. The van der Waals surface area contributed by atoms with Crippen LogP contribution in [0.1, 0.15) is 27.9 Å². The molecule has 0 atom stereocenters. The highest BCUT2D eigenvalue weighted by Crippen LogP contribution is 2.10. The Labute approximate surface area is 119 Å². The average molecular weight is 267 g/mol. The Bertz CT molecular complexity index is 552. The van der Waals surface area contributed by atoms with Crippen LogP contribution in [0.5, 0.6) is 0 Å². The number of rotatable bonds is 6. The van der Waals surface area contributed by atoms with Gasteiger partial charge in [-0.25, -0.2) is 0 Å². The van der Waals surface area contributed by atoms with Crippen LogP contribution < -0.4 is 11.1 Å². The van der Waals surface area contributed by atoms with Crippen LogP contribution in [-0.4, -0.2) is 12.5 Å². The first-order valence-corrected chi connectivity index (χ1v) is 6.86. The molecule has 0 unspecified atom stereocenters. The molecule has 2 rings (SSSR count). The van der Waals surface area contributed by atoms with Crippen molar-refractivity contribution < 1.29 is 4.79 Å². The lowest BCUT2D eigenvalue weighted by Gasteiger charge is -2.08. The smallest absolute Gasteiger partial charge is 0.251 e. The fourth-order valence-corrected chi connectivity index (χ4v) is 2.15. The Morgan fingerprint density at radius 3 is 2.30 bits per heavy atom. The molecule has 0 aliphatic heterocycles. The van der Waals surface area contributed by atoms with Crippen LogP contribution in [0.15, 0.2) is 54.6 Å². The molecule has 2 N–H and O–H groups in total. The summed E-state index contributed by atoms with van der Waals surface area (Å²) in [5.74, 6) is -0.0284. The number of benzene rings is 2. The van der Waals surface area contributed by atoms with Gasteiger partial charge in [-0.15, -0.1) is 0 Å². The Kier molecular flexibility index (Phi) is 5.33. The van der Waals surface area contributed by atoms with Crippen molar-refractivity contribution in [1.82, 2.24) is 11.1 Å². The lowest BCUT2D eigenvalue weighted by molar-refractivity contribution is 0.0953. The van der Waals surface area contributed by atoms with Crippen LogP contribution >= 0.6 is 0 Å². The van der Waals surface area contributed by atoms with E-state index in [2.05, 4.69) is 11.4 Å². The molecule has 0 fully saturated rings. The molecule has 0 aliphatic carbocycles. The summed E-state index contributed by atoms with van der Waals surface area (Å²) in [7, 11) is 0. The number of hydrogen-bond donors (Lipinski definition) is 1. The van der Waals surface area contributed by atoms with Gasteiger partial charge >= 0.3 is 0 Å². The summed E-state index contributed by atoms with van der Waals surface area (Å²) < 4.78 is 0. The van der Waals surface area contributed by atoms with Crippen molar-refractivity contribution in [2.75, 3.05) is 6.54 Å². The summed E-state index contributed by atoms with van der Waals surface area (Å²) >= 11 is 0. The second-order valence-electron chi connectivity index (χ2n) is 4.67. The highest BCUT2D eigenvalue weighted by atomic mass is 16.1. The van der Waals surface area contributed by atoms with Crippen molar-refractivity contribution in [2.24, 2.45) is 0 Å². The van der Waals surface area contributed by atoms with Gasteiger partial charge in [0.2, 0.25) is 0 Å². The minimum absolute atomic E-state index is 0.0284. The monoisotopic (exact) mass is 267 g/mol. The molecule has 103 valence electrons. The zero-order valence-corrected chi connectivity index (χ0v) is 11.4. The van der Waals surface area contributed by atoms with Gasteiger partial charge in [0.05, 0.1) is 0 Å². The standard InChI is InChI=1S/C17H19N2O/c18-13-16-10-5-4-7-14(16)11-6-12-19-17(20)15-8-2-1-3-9-15/h1-5,7-10,18H,6,11-13H2,(H,19,20). The van der Waals surface area contributed by atoms with E-state index in [4.69, 9.17) is 5.73 Å². The van der Waals surface area contributed by atoms with Gasteiger partial charge in [-0.05, 0) is 36.1 Å². The van der Waals surface area contributed by atoms with E-state index in [1.165, 1.54) is 5.56 Å². The third-order valence-electron chi connectivity index (χ3n) is 3.25. The van der Waals surface area contributed by atoms with Gasteiger partial charge in [-0.1, -0.05) is 42.5 Å². The molecule has 3 heteroatoms. The number of hydrogen-bond acceptors (Lipinski definition) is 1. The zero-order chi connectivity index (χ0) is 14.2. The van der Waals surface area contributed by atoms with Gasteiger partial charge in [0.1, 0.15) is 0 Å². The van der Waals surface area contributed by atoms with Crippen LogP contribution in [0.3, 0.4) is 0 Å². The molecule has 0 aromatic heterocycles. The van der Waals surface area contributed by atoms with Gasteiger partial charge in [0, 0.05) is 18.7 Å². The maximum Gasteiger partial charge on any atom is 0.251 e. The second kappa shape index (κ2) is 7.46. The first-order chi connectivity index (χ1) is 9.81. The fraction of sp³-hybridized carbons (Fsp3) is 0.235. The molecule has 0 spiro atoms. The normalized spacial score (nSPS) is 10.2. The largest absolute Gasteiger partial charge is 0.352 e. The van der Waals surface area contributed by atoms with Crippen LogP contribution in [-0.2, 0) is 13.0 Å². The van der Waals surface area contributed by atoms with Crippen molar-refractivity contribution in [3.8, 4) is 0 Å². The van der Waals surface area contributed by atoms with Crippen LogP contribution in [0.4, 0.5) is 0 Å².